The standard InChI is InChI=1S/C48H38F17N5O6/c1-73-31-16-12-29(13-17-31)41(30-14-18-32(74-2)19-15-30,75-23-34-33(71)22-35(76-34)70-25-68-36-37(66-24-67-38(36)70)69-39(72)27-6-4-3-5-7-27)28-10-8-26(9-11-28)20-21-40(49,50)42(51,52)43(53,54)44(55,56)45(57,58)46(59,60)47(61,62)48(63,64)65/h3-19,24-25,33-35,71H,20-23H2,1-2H3,(H,66,67,69,72)/t33-,34+,35+/m0/s1. The number of ether oxygens (including phenoxy) is 4. The summed E-state index contributed by atoms with van der Waals surface area (Å²) in [6, 6.07) is 24.5. The summed E-state index contributed by atoms with van der Waals surface area (Å²) in [5.74, 6) is -56.9. The number of aryl methyl sites for hydroxylation is 1. The van der Waals surface area contributed by atoms with E-state index < -0.39 is 103 Å². The van der Waals surface area contributed by atoms with Crippen molar-refractivity contribution in [1.82, 2.24) is 19.5 Å². The van der Waals surface area contributed by atoms with Gasteiger partial charge in [0.25, 0.3) is 5.91 Å². The molecular formula is C48H38F17N5O6. The molecule has 1 fully saturated rings. The number of aliphatic hydroxyl groups is 1. The van der Waals surface area contributed by atoms with E-state index in [4.69, 9.17) is 18.9 Å². The van der Waals surface area contributed by atoms with Gasteiger partial charge in [-0.2, -0.15) is 74.6 Å². The third kappa shape index (κ3) is 9.59. The van der Waals surface area contributed by atoms with Crippen LogP contribution in [0.1, 0.15) is 51.7 Å². The molecule has 0 aliphatic carbocycles. The highest BCUT2D eigenvalue weighted by atomic mass is 19.4. The van der Waals surface area contributed by atoms with Crippen molar-refractivity contribution in [2.24, 2.45) is 0 Å². The van der Waals surface area contributed by atoms with Crippen LogP contribution in [-0.4, -0.2) is 111 Å². The Morgan fingerprint density at radius 1 is 0.645 bits per heavy atom. The van der Waals surface area contributed by atoms with E-state index in [2.05, 4.69) is 20.3 Å². The van der Waals surface area contributed by atoms with Crippen molar-refractivity contribution in [3.63, 3.8) is 0 Å². The van der Waals surface area contributed by atoms with Crippen molar-refractivity contribution >= 4 is 22.9 Å². The third-order valence-electron chi connectivity index (χ3n) is 12.5. The molecule has 2 aromatic heterocycles. The Labute approximate surface area is 417 Å². The lowest BCUT2D eigenvalue weighted by Gasteiger charge is -2.42. The van der Waals surface area contributed by atoms with Gasteiger partial charge in [-0.1, -0.05) is 66.7 Å². The molecule has 28 heteroatoms. The first-order valence-electron chi connectivity index (χ1n) is 21.9. The molecule has 3 heterocycles. The molecule has 1 saturated heterocycles. The maximum Gasteiger partial charge on any atom is 0.460 e. The van der Waals surface area contributed by atoms with Gasteiger partial charge in [0.05, 0.1) is 33.3 Å². The first-order valence-corrected chi connectivity index (χ1v) is 21.9. The van der Waals surface area contributed by atoms with Gasteiger partial charge in [-0.05, 0) is 65.1 Å². The molecule has 0 saturated carbocycles. The average Bonchev–Trinajstić information content (AvgIpc) is 4.03. The second-order valence-electron chi connectivity index (χ2n) is 17.1. The number of rotatable bonds is 20. The van der Waals surface area contributed by atoms with Crippen molar-refractivity contribution in [1.29, 1.82) is 0 Å². The maximum atomic E-state index is 15.0. The lowest BCUT2D eigenvalue weighted by atomic mass is 9.79. The first-order chi connectivity index (χ1) is 35.3. The van der Waals surface area contributed by atoms with Crippen LogP contribution >= 0.6 is 0 Å². The topological polar surface area (TPSA) is 130 Å². The van der Waals surface area contributed by atoms with Crippen LogP contribution in [0.4, 0.5) is 80.5 Å². The molecule has 76 heavy (non-hydrogen) atoms. The van der Waals surface area contributed by atoms with Gasteiger partial charge in [-0.3, -0.25) is 9.36 Å². The molecule has 2 N–H and O–H groups in total. The minimum atomic E-state index is -8.73. The van der Waals surface area contributed by atoms with Gasteiger partial charge in [0.15, 0.2) is 17.0 Å². The van der Waals surface area contributed by atoms with Crippen LogP contribution < -0.4 is 14.8 Å². The minimum absolute atomic E-state index is 0.0545. The minimum Gasteiger partial charge on any atom is -0.497 e. The molecule has 1 aliphatic rings. The highest BCUT2D eigenvalue weighted by molar-refractivity contribution is 6.06. The Morgan fingerprint density at radius 2 is 1.13 bits per heavy atom. The number of methoxy groups -OCH3 is 2. The van der Waals surface area contributed by atoms with E-state index in [9.17, 15) is 75.8 Å². The van der Waals surface area contributed by atoms with Crippen LogP contribution in [0.3, 0.4) is 0 Å². The van der Waals surface area contributed by atoms with E-state index in [1.165, 1.54) is 73.6 Å². The van der Waals surface area contributed by atoms with Crippen LogP contribution in [-0.2, 0) is 21.5 Å². The number of hydrogen-bond acceptors (Lipinski definition) is 9. The van der Waals surface area contributed by atoms with Crippen molar-refractivity contribution in [3.8, 4) is 11.5 Å². The zero-order valence-electron chi connectivity index (χ0n) is 38.7. The number of aromatic nitrogens is 4. The monoisotopic (exact) mass is 1100 g/mol. The number of amides is 1. The predicted molar refractivity (Wildman–Crippen MR) is 232 cm³/mol. The van der Waals surface area contributed by atoms with Crippen LogP contribution in [0.2, 0.25) is 0 Å². The lowest BCUT2D eigenvalue weighted by molar-refractivity contribution is -0.461. The molecule has 11 nitrogen and oxygen atoms in total. The number of alkyl halides is 17. The maximum absolute atomic E-state index is 15.0. The summed E-state index contributed by atoms with van der Waals surface area (Å²) in [6.07, 6.45) is -13.0. The van der Waals surface area contributed by atoms with Gasteiger partial charge in [-0.15, -0.1) is 0 Å². The average molecular weight is 1100 g/mol. The van der Waals surface area contributed by atoms with Crippen LogP contribution in [0, 0.1) is 0 Å². The number of nitrogens with zero attached hydrogens (tertiary/aromatic N) is 4. The molecule has 0 spiro atoms. The fraction of sp³-hybridized carbons (Fsp3) is 0.375. The second kappa shape index (κ2) is 20.3. The van der Waals surface area contributed by atoms with Crippen molar-refractivity contribution in [2.45, 2.75) is 90.9 Å². The molecule has 1 amide bonds. The normalized spacial score (nSPS) is 17.5. The molecule has 3 atom stereocenters. The molecule has 0 bridgehead atoms. The van der Waals surface area contributed by atoms with E-state index in [1.54, 1.807) is 30.3 Å². The predicted octanol–water partition coefficient (Wildman–Crippen LogP) is 11.7. The summed E-state index contributed by atoms with van der Waals surface area (Å²) in [6.45, 7) is -0.476. The number of anilines is 1. The van der Waals surface area contributed by atoms with E-state index >= 15 is 8.78 Å². The van der Waals surface area contributed by atoms with Crippen LogP contribution in [0.5, 0.6) is 11.5 Å². The Bertz CT molecular complexity index is 2930. The van der Waals surface area contributed by atoms with E-state index in [0.29, 0.717) is 17.1 Å². The second-order valence-corrected chi connectivity index (χ2v) is 17.1. The van der Waals surface area contributed by atoms with E-state index in [1.807, 2.05) is 0 Å². The molecule has 4 aromatic carbocycles. The van der Waals surface area contributed by atoms with Gasteiger partial charge in [0.2, 0.25) is 0 Å². The van der Waals surface area contributed by atoms with Gasteiger partial charge in [0, 0.05) is 18.4 Å². The number of fused-ring (bicyclic) bond motifs is 1. The number of aliphatic hydroxyl groups excluding tert-OH is 1. The molecule has 0 radical (unpaired) electrons. The first kappa shape index (κ1) is 56.9. The van der Waals surface area contributed by atoms with Gasteiger partial charge in [0.1, 0.15) is 35.8 Å². The lowest BCUT2D eigenvalue weighted by Crippen LogP contribution is -2.74. The molecular weight excluding hydrogens is 1070 g/mol. The highest BCUT2D eigenvalue weighted by Crippen LogP contribution is 2.64. The third-order valence-corrected chi connectivity index (χ3v) is 12.5. The van der Waals surface area contributed by atoms with Gasteiger partial charge >= 0.3 is 47.6 Å². The largest absolute Gasteiger partial charge is 0.497 e. The number of halogens is 17. The summed E-state index contributed by atoms with van der Waals surface area (Å²) in [7, 11) is 2.71. The quantitative estimate of drug-likeness (QED) is 0.0567. The number of benzene rings is 4. The number of hydrogen-bond donors (Lipinski definition) is 2. The number of nitrogens with one attached hydrogen (secondary N) is 1. The highest BCUT2D eigenvalue weighted by Gasteiger charge is 2.95. The molecule has 7 rings (SSSR count). The van der Waals surface area contributed by atoms with Crippen molar-refractivity contribution in [2.75, 3.05) is 26.1 Å². The van der Waals surface area contributed by atoms with E-state index in [0.717, 1.165) is 30.6 Å². The Morgan fingerprint density at radius 3 is 1.63 bits per heavy atom. The summed E-state index contributed by atoms with van der Waals surface area (Å²) in [5.41, 5.74) is -1.05. The van der Waals surface area contributed by atoms with Crippen molar-refractivity contribution in [3.05, 3.63) is 144 Å². The molecule has 6 aromatic rings. The Balaban J connectivity index is 1.18. The Hall–Kier alpha value is -6.81. The van der Waals surface area contributed by atoms with Gasteiger partial charge in [-0.25, -0.2) is 15.0 Å². The van der Waals surface area contributed by atoms with Crippen LogP contribution in [0.15, 0.2) is 116 Å². The van der Waals surface area contributed by atoms with Gasteiger partial charge < -0.3 is 29.4 Å². The van der Waals surface area contributed by atoms with Crippen molar-refractivity contribution < 1.29 is 103 Å². The molecule has 1 aliphatic heterocycles. The van der Waals surface area contributed by atoms with Crippen LogP contribution in [0.25, 0.3) is 11.2 Å². The van der Waals surface area contributed by atoms with E-state index in [-0.39, 0.29) is 40.1 Å². The number of imidazole rings is 1. The smallest absolute Gasteiger partial charge is 0.460 e. The SMILES string of the molecule is COc1ccc(C(OC[C@H]2O[C@@H](n3cnc4c(NC(=O)c5ccccc5)ncnc43)C[C@@H]2O)(c2ccc(CCC(F)(F)C(F)(F)C(F)(F)C(F)(F)C(F)(F)C(F)(F)C(F)(F)C(F)(F)F)cc2)c2ccc(OC)cc2)cc1. The number of carbonyl (C=O) groups excluding carboxylic acids is 1. The fourth-order valence-corrected chi connectivity index (χ4v) is 8.13. The Kier molecular flexibility index (Phi) is 15.2. The molecule has 0 unspecified atom stereocenters. The summed E-state index contributed by atoms with van der Waals surface area (Å²) in [4.78, 5) is 25.7. The zero-order chi connectivity index (χ0) is 56.1. The molecule has 410 valence electrons. The summed E-state index contributed by atoms with van der Waals surface area (Å²) in [5, 5.41) is 14.1. The fourth-order valence-electron chi connectivity index (χ4n) is 8.13. The summed E-state index contributed by atoms with van der Waals surface area (Å²) < 4.78 is 263. The zero-order valence-corrected chi connectivity index (χ0v) is 38.7. The number of carbonyl (C=O) groups is 1. The summed E-state index contributed by atoms with van der Waals surface area (Å²) >= 11 is 0.